The van der Waals surface area contributed by atoms with Crippen LogP contribution in [0.15, 0.2) is 46.9 Å². The van der Waals surface area contributed by atoms with Crippen LogP contribution >= 0.6 is 11.3 Å². The molecule has 134 valence electrons. The summed E-state index contributed by atoms with van der Waals surface area (Å²) in [6, 6.07) is 14.0. The third-order valence-corrected chi connectivity index (χ3v) is 6.78. The highest BCUT2D eigenvalue weighted by atomic mass is 32.2. The van der Waals surface area contributed by atoms with Crippen molar-refractivity contribution in [2.45, 2.75) is 24.7 Å². The van der Waals surface area contributed by atoms with E-state index in [2.05, 4.69) is 15.4 Å². The van der Waals surface area contributed by atoms with Crippen molar-refractivity contribution in [2.75, 3.05) is 5.73 Å². The van der Waals surface area contributed by atoms with Crippen molar-refractivity contribution in [2.24, 2.45) is 10.1 Å². The van der Waals surface area contributed by atoms with E-state index in [0.29, 0.717) is 5.13 Å². The molecule has 0 fully saturated rings. The topological polar surface area (TPSA) is 104 Å². The molecule has 1 aliphatic heterocycles. The van der Waals surface area contributed by atoms with Gasteiger partial charge in [0.15, 0.2) is 16.1 Å². The maximum absolute atomic E-state index is 12.5. The first-order valence-electron chi connectivity index (χ1n) is 8.04. The Labute approximate surface area is 157 Å². The molecular weight excluding hydrogens is 368 g/mol. The summed E-state index contributed by atoms with van der Waals surface area (Å²) in [7, 11) is -1.48. The van der Waals surface area contributed by atoms with Crippen LogP contribution in [0, 0.1) is 0 Å². The first-order chi connectivity index (χ1) is 12.3. The lowest BCUT2D eigenvalue weighted by Gasteiger charge is -2.35. The molecule has 8 heteroatoms. The number of hydrogen-bond acceptors (Lipinski definition) is 6. The minimum atomic E-state index is -1.48. The highest BCUT2D eigenvalue weighted by molar-refractivity contribution is 7.84. The fourth-order valence-electron chi connectivity index (χ4n) is 3.22. The minimum absolute atomic E-state index is 0.0293. The molecule has 6 nitrogen and oxygen atoms in total. The Morgan fingerprint density at radius 3 is 2.50 bits per heavy atom. The van der Waals surface area contributed by atoms with Gasteiger partial charge in [0.05, 0.1) is 10.2 Å². The molecule has 2 unspecified atom stereocenters. The maximum Gasteiger partial charge on any atom is 0.296 e. The van der Waals surface area contributed by atoms with Gasteiger partial charge in [0.25, 0.3) is 6.02 Å². The van der Waals surface area contributed by atoms with Crippen LogP contribution in [-0.4, -0.2) is 20.8 Å². The Morgan fingerprint density at radius 2 is 1.81 bits per heavy atom. The molecular formula is C18H18N4O2S2. The van der Waals surface area contributed by atoms with Crippen LogP contribution < -0.4 is 11.5 Å². The maximum atomic E-state index is 12.5. The third kappa shape index (κ3) is 2.95. The molecule has 4 rings (SSSR count). The second kappa shape index (κ2) is 6.07. The largest absolute Gasteiger partial charge is 0.457 e. The van der Waals surface area contributed by atoms with Crippen LogP contribution in [0.2, 0.25) is 0 Å². The second-order valence-corrected chi connectivity index (χ2v) is 8.92. The number of aromatic nitrogens is 1. The van der Waals surface area contributed by atoms with Crippen molar-refractivity contribution in [3.05, 3.63) is 48.0 Å². The smallest absolute Gasteiger partial charge is 0.296 e. The lowest BCUT2D eigenvalue weighted by atomic mass is 9.95. The first-order valence-corrected chi connectivity index (χ1v) is 10.0. The zero-order valence-corrected chi connectivity index (χ0v) is 15.9. The third-order valence-electron chi connectivity index (χ3n) is 4.33. The van der Waals surface area contributed by atoms with Gasteiger partial charge in [-0.15, -0.1) is 4.40 Å². The number of nitrogen functional groups attached to an aromatic ring is 1. The molecule has 0 saturated carbocycles. The Morgan fingerprint density at radius 1 is 1.12 bits per heavy atom. The average Bonchev–Trinajstić information content (AvgIpc) is 2.92. The van der Waals surface area contributed by atoms with Gasteiger partial charge < -0.3 is 16.2 Å². The predicted molar refractivity (Wildman–Crippen MR) is 107 cm³/mol. The minimum Gasteiger partial charge on any atom is -0.457 e. The van der Waals surface area contributed by atoms with Crippen molar-refractivity contribution < 1.29 is 8.95 Å². The number of nitrogens with two attached hydrogens (primary N) is 2. The van der Waals surface area contributed by atoms with Crippen LogP contribution in [0.1, 0.15) is 24.7 Å². The van der Waals surface area contributed by atoms with Crippen molar-refractivity contribution in [3.8, 4) is 11.1 Å². The number of anilines is 1. The van der Waals surface area contributed by atoms with E-state index in [1.807, 2.05) is 50.2 Å². The van der Waals surface area contributed by atoms with E-state index in [-0.39, 0.29) is 11.3 Å². The number of nitrogens with zero attached hydrogens (tertiary/aromatic N) is 2. The molecule has 0 saturated heterocycles. The zero-order chi connectivity index (χ0) is 18.5. The fourth-order valence-corrected chi connectivity index (χ4v) is 5.23. The summed E-state index contributed by atoms with van der Waals surface area (Å²) in [4.78, 5) is 4.28. The molecule has 0 amide bonds. The van der Waals surface area contributed by atoms with Crippen molar-refractivity contribution in [1.29, 1.82) is 0 Å². The predicted octanol–water partition coefficient (Wildman–Crippen LogP) is 3.37. The fraction of sp³-hybridized carbons (Fsp3) is 0.222. The van der Waals surface area contributed by atoms with Crippen LogP contribution in [0.25, 0.3) is 21.3 Å². The van der Waals surface area contributed by atoms with Gasteiger partial charge in [-0.2, -0.15) is 0 Å². The molecule has 0 spiro atoms. The lowest BCUT2D eigenvalue weighted by molar-refractivity contribution is 0.0848. The van der Waals surface area contributed by atoms with Gasteiger partial charge in [0.1, 0.15) is 10.9 Å². The summed E-state index contributed by atoms with van der Waals surface area (Å²) in [6.45, 7) is 3.74. The number of thiazole rings is 1. The number of rotatable bonds is 2. The second-order valence-electron chi connectivity index (χ2n) is 6.65. The highest BCUT2D eigenvalue weighted by Crippen LogP contribution is 2.38. The molecule has 1 aromatic heterocycles. The Balaban J connectivity index is 1.68. The Hall–Kier alpha value is -2.45. The first kappa shape index (κ1) is 17.0. The molecule has 1 aliphatic rings. The Kier molecular flexibility index (Phi) is 3.96. The summed E-state index contributed by atoms with van der Waals surface area (Å²) in [5.41, 5.74) is 14.6. The van der Waals surface area contributed by atoms with Crippen LogP contribution in [0.5, 0.6) is 0 Å². The van der Waals surface area contributed by atoms with E-state index >= 15 is 0 Å². The van der Waals surface area contributed by atoms with E-state index in [1.165, 1.54) is 11.3 Å². The summed E-state index contributed by atoms with van der Waals surface area (Å²) in [5.74, 6) is 0. The van der Waals surface area contributed by atoms with Crippen LogP contribution in [-0.2, 0) is 15.7 Å². The molecule has 0 radical (unpaired) electrons. The summed E-state index contributed by atoms with van der Waals surface area (Å²) >= 11 is 1.47. The monoisotopic (exact) mass is 386 g/mol. The SMILES string of the molecule is CC1(C)OC(N)=NS(=O)C1c1ccc(-c2ccc3nc(N)sc3c2)cc1. The molecule has 26 heavy (non-hydrogen) atoms. The van der Waals surface area contributed by atoms with E-state index in [0.717, 1.165) is 26.9 Å². The average molecular weight is 387 g/mol. The number of hydrogen-bond donors (Lipinski definition) is 2. The van der Waals surface area contributed by atoms with E-state index in [1.54, 1.807) is 0 Å². The quantitative estimate of drug-likeness (QED) is 0.703. The van der Waals surface area contributed by atoms with Crippen molar-refractivity contribution in [1.82, 2.24) is 4.98 Å². The van der Waals surface area contributed by atoms with Crippen molar-refractivity contribution >= 4 is 43.7 Å². The molecule has 2 aromatic carbocycles. The van der Waals surface area contributed by atoms with E-state index in [9.17, 15) is 4.21 Å². The zero-order valence-electron chi connectivity index (χ0n) is 14.3. The van der Waals surface area contributed by atoms with Gasteiger partial charge in [-0.3, -0.25) is 0 Å². The van der Waals surface area contributed by atoms with Gasteiger partial charge >= 0.3 is 0 Å². The standard InChI is InChI=1S/C18H18N4O2S2/c1-18(2)15(26(23)22-16(19)24-18)11-5-3-10(4-6-11)12-7-8-13-14(9-12)25-17(20)21-13/h3-9,15H,1-2H3,(H2,19,22)(H2,20,21). The van der Waals surface area contributed by atoms with Crippen LogP contribution in [0.4, 0.5) is 5.13 Å². The molecule has 0 bridgehead atoms. The van der Waals surface area contributed by atoms with Crippen LogP contribution in [0.3, 0.4) is 0 Å². The number of fused-ring (bicyclic) bond motifs is 1. The molecule has 4 N–H and O–H groups in total. The number of ether oxygens (including phenoxy) is 1. The van der Waals surface area contributed by atoms with Gasteiger partial charge in [-0.05, 0) is 42.7 Å². The summed E-state index contributed by atoms with van der Waals surface area (Å²) in [6.07, 6.45) is 0. The van der Waals surface area contributed by atoms with Crippen molar-refractivity contribution in [3.63, 3.8) is 0 Å². The molecule has 2 heterocycles. The summed E-state index contributed by atoms with van der Waals surface area (Å²) < 4.78 is 23.0. The van der Waals surface area contributed by atoms with Gasteiger partial charge in [0.2, 0.25) is 0 Å². The van der Waals surface area contributed by atoms with Gasteiger partial charge in [0, 0.05) is 0 Å². The lowest BCUT2D eigenvalue weighted by Crippen LogP contribution is -2.43. The Bertz CT molecular complexity index is 1040. The molecule has 2 atom stereocenters. The van der Waals surface area contributed by atoms with Gasteiger partial charge in [-0.1, -0.05) is 41.7 Å². The van der Waals surface area contributed by atoms with Gasteiger partial charge in [-0.25, -0.2) is 9.19 Å². The normalized spacial score (nSPS) is 22.0. The highest BCUT2D eigenvalue weighted by Gasteiger charge is 2.41. The number of amidine groups is 1. The molecule has 0 aliphatic carbocycles. The summed E-state index contributed by atoms with van der Waals surface area (Å²) in [5, 5.41) is 0.182. The number of benzene rings is 2. The molecule has 3 aromatic rings. The van der Waals surface area contributed by atoms with E-state index in [4.69, 9.17) is 16.2 Å². The van der Waals surface area contributed by atoms with E-state index < -0.39 is 16.6 Å².